The number of ether oxygens (including phenoxy) is 1. The highest BCUT2D eigenvalue weighted by atomic mass is 127. The molecule has 0 bridgehead atoms. The molecule has 0 heterocycles. The standard InChI is InChI=1S/C17H30N4O3S.HI/c1-17(2,3)15(24-5)12-21-16(19-4)20-11-10-13-6-8-14(9-7-13)25(18,22)23;/h6-9,15H,10-12H2,1-5H3,(H2,18,22,23)(H2,19,20,21);1H. The van der Waals surface area contributed by atoms with Crippen molar-refractivity contribution in [1.29, 1.82) is 0 Å². The fraction of sp³-hybridized carbons (Fsp3) is 0.588. The molecule has 1 unspecified atom stereocenters. The van der Waals surface area contributed by atoms with Crippen LogP contribution in [0.5, 0.6) is 0 Å². The fourth-order valence-electron chi connectivity index (χ4n) is 2.32. The molecule has 9 heteroatoms. The summed E-state index contributed by atoms with van der Waals surface area (Å²) >= 11 is 0. The highest BCUT2D eigenvalue weighted by Crippen LogP contribution is 2.20. The molecular formula is C17H31IN4O3S. The Hall–Kier alpha value is -0.910. The fourth-order valence-corrected chi connectivity index (χ4v) is 2.84. The van der Waals surface area contributed by atoms with E-state index in [1.54, 1.807) is 26.3 Å². The van der Waals surface area contributed by atoms with Gasteiger partial charge in [0.2, 0.25) is 10.0 Å². The summed E-state index contributed by atoms with van der Waals surface area (Å²) in [5.41, 5.74) is 1.05. The van der Waals surface area contributed by atoms with Gasteiger partial charge in [0.25, 0.3) is 0 Å². The summed E-state index contributed by atoms with van der Waals surface area (Å²) in [6, 6.07) is 6.56. The number of halogens is 1. The molecule has 0 aliphatic carbocycles. The molecular weight excluding hydrogens is 467 g/mol. The zero-order chi connectivity index (χ0) is 19.1. The highest BCUT2D eigenvalue weighted by molar-refractivity contribution is 14.0. The molecule has 0 saturated heterocycles. The number of aliphatic imine (C=N–C) groups is 1. The van der Waals surface area contributed by atoms with Crippen LogP contribution in [0.1, 0.15) is 26.3 Å². The topological polar surface area (TPSA) is 106 Å². The molecule has 1 aromatic carbocycles. The lowest BCUT2D eigenvalue weighted by molar-refractivity contribution is 0.0205. The molecule has 7 nitrogen and oxygen atoms in total. The predicted molar refractivity (Wildman–Crippen MR) is 117 cm³/mol. The summed E-state index contributed by atoms with van der Waals surface area (Å²) in [4.78, 5) is 4.32. The van der Waals surface area contributed by atoms with E-state index in [4.69, 9.17) is 9.88 Å². The van der Waals surface area contributed by atoms with Gasteiger partial charge in [-0.15, -0.1) is 24.0 Å². The number of benzene rings is 1. The van der Waals surface area contributed by atoms with Crippen molar-refractivity contribution in [1.82, 2.24) is 10.6 Å². The summed E-state index contributed by atoms with van der Waals surface area (Å²) in [5.74, 6) is 0.701. The number of sulfonamides is 1. The monoisotopic (exact) mass is 498 g/mol. The molecule has 1 aromatic rings. The van der Waals surface area contributed by atoms with Gasteiger partial charge in [-0.05, 0) is 29.5 Å². The van der Waals surface area contributed by atoms with E-state index in [0.29, 0.717) is 19.0 Å². The maximum absolute atomic E-state index is 11.2. The maximum atomic E-state index is 11.2. The van der Waals surface area contributed by atoms with Crippen LogP contribution in [0.3, 0.4) is 0 Å². The molecule has 1 atom stereocenters. The maximum Gasteiger partial charge on any atom is 0.238 e. The number of rotatable bonds is 7. The number of primary sulfonamides is 1. The van der Waals surface area contributed by atoms with Crippen LogP contribution in [0, 0.1) is 5.41 Å². The lowest BCUT2D eigenvalue weighted by Gasteiger charge is -2.30. The quantitative estimate of drug-likeness (QED) is 0.302. The summed E-state index contributed by atoms with van der Waals surface area (Å²) in [6.07, 6.45) is 0.801. The van der Waals surface area contributed by atoms with Crippen molar-refractivity contribution in [3.8, 4) is 0 Å². The Morgan fingerprint density at radius 1 is 1.23 bits per heavy atom. The lowest BCUT2D eigenvalue weighted by atomic mass is 9.89. The van der Waals surface area contributed by atoms with Gasteiger partial charge in [0.05, 0.1) is 11.0 Å². The van der Waals surface area contributed by atoms with Crippen LogP contribution in [0.15, 0.2) is 34.2 Å². The van der Waals surface area contributed by atoms with Gasteiger partial charge < -0.3 is 15.4 Å². The van der Waals surface area contributed by atoms with Gasteiger partial charge in [0.15, 0.2) is 5.96 Å². The lowest BCUT2D eigenvalue weighted by Crippen LogP contribution is -2.45. The first-order chi connectivity index (χ1) is 11.6. The van der Waals surface area contributed by atoms with Crippen molar-refractivity contribution >= 4 is 40.0 Å². The van der Waals surface area contributed by atoms with Crippen LogP contribution in [0.4, 0.5) is 0 Å². The number of nitrogens with zero attached hydrogens (tertiary/aromatic N) is 1. The van der Waals surface area contributed by atoms with E-state index in [9.17, 15) is 8.42 Å². The normalized spacial score (nSPS) is 13.7. The molecule has 0 saturated carbocycles. The van der Waals surface area contributed by atoms with Gasteiger partial charge in [-0.2, -0.15) is 0 Å². The van der Waals surface area contributed by atoms with E-state index in [-0.39, 0.29) is 40.4 Å². The summed E-state index contributed by atoms with van der Waals surface area (Å²) in [7, 11) is -0.220. The first-order valence-corrected chi connectivity index (χ1v) is 9.71. The van der Waals surface area contributed by atoms with E-state index in [0.717, 1.165) is 12.0 Å². The van der Waals surface area contributed by atoms with Crippen molar-refractivity contribution in [3.05, 3.63) is 29.8 Å². The predicted octanol–water partition coefficient (Wildman–Crippen LogP) is 1.72. The van der Waals surface area contributed by atoms with Crippen molar-refractivity contribution in [2.45, 2.75) is 38.2 Å². The average Bonchev–Trinajstić information content (AvgIpc) is 2.52. The minimum atomic E-state index is -3.64. The van der Waals surface area contributed by atoms with Crippen LogP contribution < -0.4 is 15.8 Å². The smallest absolute Gasteiger partial charge is 0.238 e. The van der Waals surface area contributed by atoms with E-state index in [2.05, 4.69) is 36.4 Å². The average molecular weight is 498 g/mol. The van der Waals surface area contributed by atoms with Gasteiger partial charge in [-0.25, -0.2) is 13.6 Å². The van der Waals surface area contributed by atoms with E-state index < -0.39 is 10.0 Å². The van der Waals surface area contributed by atoms with Gasteiger partial charge in [-0.1, -0.05) is 32.9 Å². The van der Waals surface area contributed by atoms with Gasteiger partial charge in [0.1, 0.15) is 0 Å². The van der Waals surface area contributed by atoms with Crippen molar-refractivity contribution in [3.63, 3.8) is 0 Å². The third kappa shape index (κ3) is 8.65. The third-order valence-electron chi connectivity index (χ3n) is 3.89. The van der Waals surface area contributed by atoms with E-state index in [1.807, 2.05) is 0 Å². The molecule has 0 aromatic heterocycles. The van der Waals surface area contributed by atoms with Crippen LogP contribution in [-0.4, -0.2) is 47.7 Å². The minimum absolute atomic E-state index is 0. The molecule has 150 valence electrons. The van der Waals surface area contributed by atoms with Crippen LogP contribution >= 0.6 is 24.0 Å². The van der Waals surface area contributed by atoms with Gasteiger partial charge >= 0.3 is 0 Å². The Morgan fingerprint density at radius 2 is 1.81 bits per heavy atom. The highest BCUT2D eigenvalue weighted by Gasteiger charge is 2.24. The second kappa shape index (κ2) is 11.1. The van der Waals surface area contributed by atoms with Crippen LogP contribution in [0.2, 0.25) is 0 Å². The summed E-state index contributed by atoms with van der Waals surface area (Å²) in [6.45, 7) is 7.71. The molecule has 0 spiro atoms. The molecule has 4 N–H and O–H groups in total. The molecule has 1 rings (SSSR count). The first kappa shape index (κ1) is 25.1. The number of hydrogen-bond acceptors (Lipinski definition) is 4. The van der Waals surface area contributed by atoms with Gasteiger partial charge in [-0.3, -0.25) is 4.99 Å². The third-order valence-corrected chi connectivity index (χ3v) is 4.82. The number of methoxy groups -OCH3 is 1. The number of guanidine groups is 1. The molecule has 0 amide bonds. The first-order valence-electron chi connectivity index (χ1n) is 8.17. The number of nitrogens with two attached hydrogens (primary N) is 1. The Labute approximate surface area is 174 Å². The minimum Gasteiger partial charge on any atom is -0.379 e. The largest absolute Gasteiger partial charge is 0.379 e. The Morgan fingerprint density at radius 3 is 2.23 bits per heavy atom. The molecule has 26 heavy (non-hydrogen) atoms. The summed E-state index contributed by atoms with van der Waals surface area (Å²) < 4.78 is 28.0. The Balaban J connectivity index is 0.00000625. The SMILES string of the molecule is CN=C(NCCc1ccc(S(N)(=O)=O)cc1)NCC(OC)C(C)(C)C.I. The zero-order valence-corrected chi connectivity index (χ0v) is 19.2. The number of nitrogens with one attached hydrogen (secondary N) is 2. The Kier molecular flexibility index (Phi) is 10.7. The number of hydrogen-bond donors (Lipinski definition) is 3. The second-order valence-electron chi connectivity index (χ2n) is 6.91. The van der Waals surface area contributed by atoms with Crippen molar-refractivity contribution in [2.24, 2.45) is 15.5 Å². The molecule has 0 aliphatic heterocycles. The zero-order valence-electron chi connectivity index (χ0n) is 16.1. The molecule has 0 radical (unpaired) electrons. The van der Waals surface area contributed by atoms with E-state index in [1.165, 1.54) is 12.1 Å². The summed E-state index contributed by atoms with van der Waals surface area (Å²) in [5, 5.41) is 11.6. The molecule has 0 aliphatic rings. The van der Waals surface area contributed by atoms with Crippen LogP contribution in [0.25, 0.3) is 0 Å². The Bertz CT molecular complexity index is 670. The van der Waals surface area contributed by atoms with Gasteiger partial charge in [0, 0.05) is 27.2 Å². The van der Waals surface area contributed by atoms with Crippen molar-refractivity contribution < 1.29 is 13.2 Å². The van der Waals surface area contributed by atoms with E-state index >= 15 is 0 Å². The van der Waals surface area contributed by atoms with Crippen LogP contribution in [-0.2, 0) is 21.2 Å². The second-order valence-corrected chi connectivity index (χ2v) is 8.47. The molecule has 0 fully saturated rings. The van der Waals surface area contributed by atoms with Crippen molar-refractivity contribution in [2.75, 3.05) is 27.2 Å².